The van der Waals surface area contributed by atoms with Gasteiger partial charge in [-0.05, 0) is 29.8 Å². The van der Waals surface area contributed by atoms with Crippen molar-refractivity contribution in [3.8, 4) is 11.8 Å². The van der Waals surface area contributed by atoms with E-state index in [1.165, 1.54) is 4.68 Å². The monoisotopic (exact) mass is 298 g/mol. The molecule has 7 nitrogen and oxygen atoms in total. The van der Waals surface area contributed by atoms with E-state index < -0.39 is 0 Å². The first-order valence-corrected chi connectivity index (χ1v) is 5.76. The average molecular weight is 299 g/mol. The molecule has 2 rings (SSSR count). The minimum atomic E-state index is 0.153. The molecular formula is C9H11BrN6O. The Kier molecular flexibility index (Phi) is 3.23. The summed E-state index contributed by atoms with van der Waals surface area (Å²) in [4.78, 5) is 12.4. The molecule has 0 bridgehead atoms. The Morgan fingerprint density at radius 3 is 2.76 bits per heavy atom. The van der Waals surface area contributed by atoms with E-state index in [1.54, 1.807) is 6.07 Å². The summed E-state index contributed by atoms with van der Waals surface area (Å²) in [6, 6.07) is 1.75. The maximum Gasteiger partial charge on any atom is 0.256 e. The van der Waals surface area contributed by atoms with E-state index in [0.717, 1.165) is 5.69 Å². The topological polar surface area (TPSA) is 91.7 Å². The summed E-state index contributed by atoms with van der Waals surface area (Å²) in [5, 5.41) is 3.98. The lowest BCUT2D eigenvalue weighted by Crippen LogP contribution is -2.07. The molecule has 17 heavy (non-hydrogen) atoms. The third-order valence-electron chi connectivity index (χ3n) is 1.88. The van der Waals surface area contributed by atoms with E-state index in [0.29, 0.717) is 23.2 Å². The van der Waals surface area contributed by atoms with Gasteiger partial charge in [0.1, 0.15) is 0 Å². The van der Waals surface area contributed by atoms with Crippen molar-refractivity contribution in [3.63, 3.8) is 0 Å². The van der Waals surface area contributed by atoms with Crippen LogP contribution in [-0.4, -0.2) is 31.3 Å². The van der Waals surface area contributed by atoms with Crippen LogP contribution in [0.1, 0.15) is 12.6 Å². The van der Waals surface area contributed by atoms with E-state index in [9.17, 15) is 0 Å². The molecule has 0 radical (unpaired) electrons. The first-order valence-electron chi connectivity index (χ1n) is 4.97. The standard InChI is InChI=1S/C9H11BrN6O/c1-3-17-6-4-5(2)12-9(13-6)16-7(10)14-8(11)15-16/h4H,3H2,1-2H3,(H2,11,15). The number of hydrogen-bond acceptors (Lipinski definition) is 6. The average Bonchev–Trinajstić information content (AvgIpc) is 2.57. The van der Waals surface area contributed by atoms with Crippen LogP contribution >= 0.6 is 15.9 Å². The highest BCUT2D eigenvalue weighted by molar-refractivity contribution is 9.10. The van der Waals surface area contributed by atoms with E-state index in [4.69, 9.17) is 10.5 Å². The molecular weight excluding hydrogens is 288 g/mol. The van der Waals surface area contributed by atoms with Gasteiger partial charge in [0.2, 0.25) is 16.6 Å². The number of rotatable bonds is 3. The lowest BCUT2D eigenvalue weighted by molar-refractivity contribution is 0.325. The van der Waals surface area contributed by atoms with Crippen molar-refractivity contribution < 1.29 is 4.74 Å². The van der Waals surface area contributed by atoms with Gasteiger partial charge in [-0.2, -0.15) is 14.6 Å². The van der Waals surface area contributed by atoms with Gasteiger partial charge in [0, 0.05) is 11.8 Å². The van der Waals surface area contributed by atoms with Gasteiger partial charge in [-0.1, -0.05) is 0 Å². The van der Waals surface area contributed by atoms with Gasteiger partial charge in [0.15, 0.2) is 0 Å². The molecule has 8 heteroatoms. The summed E-state index contributed by atoms with van der Waals surface area (Å²) >= 11 is 3.23. The van der Waals surface area contributed by atoms with Gasteiger partial charge in [0.25, 0.3) is 5.95 Å². The number of halogens is 1. The highest BCUT2D eigenvalue weighted by Gasteiger charge is 2.11. The molecule has 0 aromatic carbocycles. The second-order valence-corrected chi connectivity index (χ2v) is 3.94. The van der Waals surface area contributed by atoms with Crippen LogP contribution in [0.5, 0.6) is 5.88 Å². The summed E-state index contributed by atoms with van der Waals surface area (Å²) < 4.78 is 7.19. The molecule has 0 spiro atoms. The largest absolute Gasteiger partial charge is 0.478 e. The van der Waals surface area contributed by atoms with Crippen LogP contribution in [0.4, 0.5) is 5.95 Å². The zero-order valence-electron chi connectivity index (χ0n) is 9.38. The van der Waals surface area contributed by atoms with E-state index >= 15 is 0 Å². The molecule has 0 aliphatic carbocycles. The normalized spacial score (nSPS) is 10.5. The number of aryl methyl sites for hydroxylation is 1. The Morgan fingerprint density at radius 1 is 1.41 bits per heavy atom. The maximum atomic E-state index is 5.49. The second-order valence-electron chi connectivity index (χ2n) is 3.23. The fourth-order valence-electron chi connectivity index (χ4n) is 1.28. The zero-order valence-corrected chi connectivity index (χ0v) is 11.0. The summed E-state index contributed by atoms with van der Waals surface area (Å²) in [5.41, 5.74) is 6.27. The van der Waals surface area contributed by atoms with Crippen molar-refractivity contribution in [2.45, 2.75) is 13.8 Å². The van der Waals surface area contributed by atoms with Crippen LogP contribution in [0.25, 0.3) is 5.95 Å². The van der Waals surface area contributed by atoms with Crippen molar-refractivity contribution in [1.29, 1.82) is 0 Å². The number of hydrogen-bond donors (Lipinski definition) is 1. The first-order chi connectivity index (χ1) is 8.10. The Balaban J connectivity index is 2.48. The predicted molar refractivity (Wildman–Crippen MR) is 65.0 cm³/mol. The molecule has 0 aliphatic rings. The maximum absolute atomic E-state index is 5.49. The fourth-order valence-corrected chi connectivity index (χ4v) is 1.70. The summed E-state index contributed by atoms with van der Waals surface area (Å²) in [5.74, 6) is 1.01. The minimum Gasteiger partial charge on any atom is -0.478 e. The number of nitrogen functional groups attached to an aromatic ring is 1. The van der Waals surface area contributed by atoms with Gasteiger partial charge in [-0.3, -0.25) is 0 Å². The molecule has 2 aromatic heterocycles. The lowest BCUT2D eigenvalue weighted by atomic mass is 10.4. The van der Waals surface area contributed by atoms with Crippen molar-refractivity contribution in [3.05, 3.63) is 16.5 Å². The second kappa shape index (κ2) is 4.66. The van der Waals surface area contributed by atoms with Gasteiger partial charge >= 0.3 is 0 Å². The summed E-state index contributed by atoms with van der Waals surface area (Å²) in [6.45, 7) is 4.28. The third kappa shape index (κ3) is 2.52. The van der Waals surface area contributed by atoms with E-state index in [1.807, 2.05) is 13.8 Å². The molecule has 0 amide bonds. The minimum absolute atomic E-state index is 0.153. The van der Waals surface area contributed by atoms with Crippen LogP contribution in [0.15, 0.2) is 10.8 Å². The number of aromatic nitrogens is 5. The van der Waals surface area contributed by atoms with Crippen molar-refractivity contribution in [2.24, 2.45) is 0 Å². The Bertz CT molecular complexity index is 540. The molecule has 0 fully saturated rings. The van der Waals surface area contributed by atoms with E-state index in [2.05, 4.69) is 36.0 Å². The summed E-state index contributed by atoms with van der Waals surface area (Å²) in [6.07, 6.45) is 0. The van der Waals surface area contributed by atoms with Crippen molar-refractivity contribution in [1.82, 2.24) is 24.7 Å². The molecule has 0 atom stereocenters. The smallest absolute Gasteiger partial charge is 0.256 e. The Hall–Kier alpha value is -1.70. The van der Waals surface area contributed by atoms with Gasteiger partial charge in [-0.15, -0.1) is 5.10 Å². The molecule has 0 unspecified atom stereocenters. The molecule has 2 N–H and O–H groups in total. The Morgan fingerprint density at radius 2 is 2.18 bits per heavy atom. The van der Waals surface area contributed by atoms with Gasteiger partial charge < -0.3 is 10.5 Å². The summed E-state index contributed by atoms with van der Waals surface area (Å²) in [7, 11) is 0. The third-order valence-corrected chi connectivity index (χ3v) is 2.40. The molecule has 0 saturated heterocycles. The van der Waals surface area contributed by atoms with Crippen LogP contribution in [0, 0.1) is 6.92 Å². The predicted octanol–water partition coefficient (Wildman–Crippen LogP) is 1.11. The Labute approximate surface area is 106 Å². The molecule has 2 aromatic rings. The van der Waals surface area contributed by atoms with Crippen molar-refractivity contribution in [2.75, 3.05) is 12.3 Å². The molecule has 90 valence electrons. The number of nitrogens with two attached hydrogens (primary N) is 1. The van der Waals surface area contributed by atoms with Crippen LogP contribution in [0.3, 0.4) is 0 Å². The number of ether oxygens (including phenoxy) is 1. The van der Waals surface area contributed by atoms with Crippen LogP contribution in [-0.2, 0) is 0 Å². The SMILES string of the molecule is CCOc1cc(C)nc(-n2nc(N)nc2Br)n1. The number of anilines is 1. The van der Waals surface area contributed by atoms with Crippen LogP contribution in [0.2, 0.25) is 0 Å². The molecule has 0 aliphatic heterocycles. The molecule has 0 saturated carbocycles. The van der Waals surface area contributed by atoms with E-state index in [-0.39, 0.29) is 5.95 Å². The van der Waals surface area contributed by atoms with Gasteiger partial charge in [0.05, 0.1) is 6.61 Å². The highest BCUT2D eigenvalue weighted by atomic mass is 79.9. The quantitative estimate of drug-likeness (QED) is 0.912. The van der Waals surface area contributed by atoms with Crippen LogP contribution < -0.4 is 10.5 Å². The fraction of sp³-hybridized carbons (Fsp3) is 0.333. The molecule has 2 heterocycles. The van der Waals surface area contributed by atoms with Crippen molar-refractivity contribution >= 4 is 21.9 Å². The van der Waals surface area contributed by atoms with Gasteiger partial charge in [-0.25, -0.2) is 4.98 Å². The lowest BCUT2D eigenvalue weighted by Gasteiger charge is -2.05. The zero-order chi connectivity index (χ0) is 12.4. The number of nitrogens with zero attached hydrogens (tertiary/aromatic N) is 5. The highest BCUT2D eigenvalue weighted by Crippen LogP contribution is 2.16. The first kappa shape index (κ1) is 11.8.